The van der Waals surface area contributed by atoms with Crippen LogP contribution >= 0.6 is 0 Å². The molecule has 7 N–H and O–H groups in total. The minimum Gasteiger partial charge on any atom is -0.459 e. The maximum absolute atomic E-state index is 14.8. The molecule has 0 saturated carbocycles. The highest BCUT2D eigenvalue weighted by Crippen LogP contribution is 2.39. The minimum atomic E-state index is -2.25. The van der Waals surface area contributed by atoms with E-state index >= 15 is 0 Å². The number of carbonyl (C=O) groups is 6. The van der Waals surface area contributed by atoms with E-state index in [-0.39, 0.29) is 33.4 Å². The summed E-state index contributed by atoms with van der Waals surface area (Å²) in [5.41, 5.74) is -0.167. The average Bonchev–Trinajstić information content (AvgIpc) is 1.14. The first-order chi connectivity index (χ1) is 44.1. The van der Waals surface area contributed by atoms with Crippen molar-refractivity contribution in [3.8, 4) is 0 Å². The predicted molar refractivity (Wildman–Crippen MR) is 306 cm³/mol. The van der Waals surface area contributed by atoms with Gasteiger partial charge in [0.25, 0.3) is 0 Å². The number of rotatable bonds is 21. The van der Waals surface area contributed by atoms with Crippen molar-refractivity contribution in [3.63, 3.8) is 0 Å². The van der Waals surface area contributed by atoms with Gasteiger partial charge >= 0.3 is 35.8 Å². The first-order valence-corrected chi connectivity index (χ1v) is 28.8. The Kier molecular flexibility index (Phi) is 22.0. The van der Waals surface area contributed by atoms with Gasteiger partial charge in [-0.25, -0.2) is 28.8 Å². The summed E-state index contributed by atoms with van der Waals surface area (Å²) in [5, 5.41) is 79.6. The lowest BCUT2D eigenvalue weighted by molar-refractivity contribution is -0.390. The molecule has 6 aromatic rings. The number of benzene rings is 6. The Balaban J connectivity index is 1.10. The number of hydrogen-bond donors (Lipinski definition) is 7. The fraction of sp³-hybridized carbons (Fsp3) is 0.354. The Morgan fingerprint density at radius 3 is 1.15 bits per heavy atom. The van der Waals surface area contributed by atoms with Crippen LogP contribution in [0, 0.1) is 0 Å². The normalized spacial score (nSPS) is 30.6. The number of ether oxygens (including phenoxy) is 13. The van der Waals surface area contributed by atoms with Crippen molar-refractivity contribution in [1.29, 1.82) is 0 Å². The van der Waals surface area contributed by atoms with Gasteiger partial charge in [0.2, 0.25) is 0 Å². The monoisotopic (exact) mass is 1260 g/mol. The number of carbonyl (C=O) groups excluding carboxylic acids is 6. The van der Waals surface area contributed by atoms with Crippen LogP contribution in [0.2, 0.25) is 0 Å². The molecule has 0 aromatic heterocycles. The first-order valence-electron chi connectivity index (χ1n) is 28.8. The summed E-state index contributed by atoms with van der Waals surface area (Å²) in [7, 11) is 0. The second-order valence-corrected chi connectivity index (χ2v) is 21.2. The molecule has 480 valence electrons. The number of aliphatic hydroxyl groups is 7. The highest BCUT2D eigenvalue weighted by atomic mass is 16.8. The molecular weight excluding hydrogens is 1200 g/mol. The van der Waals surface area contributed by atoms with Crippen LogP contribution in [0.4, 0.5) is 0 Å². The van der Waals surface area contributed by atoms with Gasteiger partial charge in [-0.1, -0.05) is 109 Å². The molecule has 0 bridgehead atoms. The van der Waals surface area contributed by atoms with Gasteiger partial charge in [0.1, 0.15) is 80.4 Å². The van der Waals surface area contributed by atoms with E-state index in [1.165, 1.54) is 121 Å². The lowest BCUT2D eigenvalue weighted by atomic mass is 9.95. The van der Waals surface area contributed by atoms with E-state index in [0.29, 0.717) is 0 Å². The second-order valence-electron chi connectivity index (χ2n) is 21.2. The third kappa shape index (κ3) is 15.8. The number of aliphatic hydroxyl groups excluding tert-OH is 7. The van der Waals surface area contributed by atoms with Crippen LogP contribution in [-0.2, 0) is 61.6 Å². The standard InChI is InChI=1S/C65H64O26/c66-31-42-49(85-58(74)37-23-11-3-12-24-37)53(91-64-51(90-63-48(71)45(68)41(67)32-81-63)47(70)46(69)43(84-64)33-79-56(72)35-19-7-1-8-20-35)55(88-61(77)40-29-17-6-18-30-40)65(83-42)89-50-44(34-80-57(73)36-21-9-2-10-22-36)82-62(78)54(87-60(76)39-27-15-5-16-28-39)52(50)86-59(75)38-25-13-4-14-26-38/h1-30,41-55,62-71,78H,31-34H2/t41-,42-,43-,44-,45-,46+,47+,48+,49+,50-,51-,52+,53+,54+,55-,62+,63+,64+,65+/m1/s1. The van der Waals surface area contributed by atoms with Crippen LogP contribution in [-0.4, -0.2) is 215 Å². The molecule has 26 heteroatoms. The molecule has 4 saturated heterocycles. The van der Waals surface area contributed by atoms with Crippen molar-refractivity contribution in [2.45, 2.75) is 117 Å². The number of esters is 6. The highest BCUT2D eigenvalue weighted by Gasteiger charge is 2.59. The molecule has 26 nitrogen and oxygen atoms in total. The SMILES string of the molecule is O=C(OC[C@H]1O[C@@H](O[C@H]2[C@@H](OC(=O)c3ccccc3)[C@@H](CO)O[C@@H](O[C@H]3[C@H](OC(=O)c4ccccc4)[C@H](OC(=O)c4ccccc4)[C@@H](O)O[C@@H]3COC(=O)c3ccccc3)[C@@H]2OC(=O)c2ccccc2)[C@H](O[C@@H]2OC[C@@H](O)[C@@H](O)[C@@H]2O)[C@@H](O)[C@H]1O)c1ccccc1. The third-order valence-electron chi connectivity index (χ3n) is 15.1. The van der Waals surface area contributed by atoms with Gasteiger partial charge in [0.05, 0.1) is 46.6 Å². The van der Waals surface area contributed by atoms with Crippen LogP contribution in [0.15, 0.2) is 182 Å². The molecule has 0 unspecified atom stereocenters. The molecule has 19 atom stereocenters. The summed E-state index contributed by atoms with van der Waals surface area (Å²) >= 11 is 0. The van der Waals surface area contributed by atoms with Gasteiger partial charge in [0, 0.05) is 0 Å². The Bertz CT molecular complexity index is 3350. The lowest BCUT2D eigenvalue weighted by Crippen LogP contribution is -2.69. The summed E-state index contributed by atoms with van der Waals surface area (Å²) in [6, 6.07) is 44.8. The molecule has 10 rings (SSSR count). The first kappa shape index (κ1) is 65.5. The zero-order valence-electron chi connectivity index (χ0n) is 48.0. The molecule has 4 fully saturated rings. The summed E-state index contributed by atoms with van der Waals surface area (Å²) in [6.45, 7) is -3.40. The largest absolute Gasteiger partial charge is 0.459 e. The fourth-order valence-electron chi connectivity index (χ4n) is 10.4. The molecule has 4 heterocycles. The summed E-state index contributed by atoms with van der Waals surface area (Å²) in [6.07, 6.45) is -38.4. The zero-order valence-corrected chi connectivity index (χ0v) is 48.0. The van der Waals surface area contributed by atoms with E-state index < -0.39 is 179 Å². The molecule has 4 aliphatic heterocycles. The highest BCUT2D eigenvalue weighted by molar-refractivity contribution is 5.92. The Morgan fingerprint density at radius 2 is 0.703 bits per heavy atom. The van der Waals surface area contributed by atoms with Gasteiger partial charge in [0.15, 0.2) is 49.6 Å². The Labute approximate surface area is 518 Å². The zero-order chi connectivity index (χ0) is 64.1. The van der Waals surface area contributed by atoms with Crippen molar-refractivity contribution < 1.29 is 126 Å². The average molecular weight is 1260 g/mol. The maximum atomic E-state index is 14.8. The van der Waals surface area contributed by atoms with Crippen LogP contribution in [0.5, 0.6) is 0 Å². The van der Waals surface area contributed by atoms with E-state index in [1.807, 2.05) is 0 Å². The van der Waals surface area contributed by atoms with E-state index in [2.05, 4.69) is 0 Å². The quantitative estimate of drug-likeness (QED) is 0.0401. The fourth-order valence-corrected chi connectivity index (χ4v) is 10.4. The van der Waals surface area contributed by atoms with Crippen LogP contribution in [0.3, 0.4) is 0 Å². The Morgan fingerprint density at radius 1 is 0.341 bits per heavy atom. The molecule has 0 radical (unpaired) electrons. The summed E-state index contributed by atoms with van der Waals surface area (Å²) in [5.74, 6) is -6.24. The topological polar surface area (TPSA) is 364 Å². The predicted octanol–water partition coefficient (Wildman–Crippen LogP) is 2.08. The number of hydrogen-bond acceptors (Lipinski definition) is 26. The summed E-state index contributed by atoms with van der Waals surface area (Å²) in [4.78, 5) is 84.6. The third-order valence-corrected chi connectivity index (χ3v) is 15.1. The maximum Gasteiger partial charge on any atom is 0.338 e. The van der Waals surface area contributed by atoms with E-state index in [4.69, 9.17) is 61.6 Å². The molecule has 91 heavy (non-hydrogen) atoms. The van der Waals surface area contributed by atoms with Crippen molar-refractivity contribution in [3.05, 3.63) is 215 Å². The van der Waals surface area contributed by atoms with Crippen molar-refractivity contribution in [2.75, 3.05) is 26.4 Å². The van der Waals surface area contributed by atoms with E-state index in [1.54, 1.807) is 60.7 Å². The van der Waals surface area contributed by atoms with Gasteiger partial charge in [-0.2, -0.15) is 0 Å². The molecule has 4 aliphatic rings. The lowest BCUT2D eigenvalue weighted by Gasteiger charge is -2.50. The van der Waals surface area contributed by atoms with Crippen LogP contribution in [0.1, 0.15) is 62.1 Å². The van der Waals surface area contributed by atoms with Crippen molar-refractivity contribution >= 4 is 35.8 Å². The van der Waals surface area contributed by atoms with Crippen LogP contribution < -0.4 is 0 Å². The van der Waals surface area contributed by atoms with E-state index in [9.17, 15) is 64.5 Å². The van der Waals surface area contributed by atoms with Crippen molar-refractivity contribution in [1.82, 2.24) is 0 Å². The molecule has 0 spiro atoms. The second kappa shape index (κ2) is 30.6. The van der Waals surface area contributed by atoms with Crippen LogP contribution in [0.25, 0.3) is 0 Å². The van der Waals surface area contributed by atoms with Crippen molar-refractivity contribution in [2.24, 2.45) is 0 Å². The Hall–Kier alpha value is -8.42. The van der Waals surface area contributed by atoms with E-state index in [0.717, 1.165) is 0 Å². The van der Waals surface area contributed by atoms with Gasteiger partial charge in [-0.15, -0.1) is 0 Å². The molecule has 0 aliphatic carbocycles. The molecule has 0 amide bonds. The summed E-state index contributed by atoms with van der Waals surface area (Å²) < 4.78 is 80.0. The molecular formula is C65H64O26. The minimum absolute atomic E-state index is 0.0376. The van der Waals surface area contributed by atoms with Gasteiger partial charge < -0.3 is 97.3 Å². The van der Waals surface area contributed by atoms with Gasteiger partial charge in [-0.3, -0.25) is 0 Å². The smallest absolute Gasteiger partial charge is 0.338 e. The van der Waals surface area contributed by atoms with Gasteiger partial charge in [-0.05, 0) is 72.8 Å². The molecule has 6 aromatic carbocycles.